The molecule has 1 saturated carbocycles. The molecule has 0 radical (unpaired) electrons. The van der Waals surface area contributed by atoms with Crippen LogP contribution in [0, 0.1) is 11.8 Å². The zero-order chi connectivity index (χ0) is 10.5. The van der Waals surface area contributed by atoms with Crippen LogP contribution in [0.4, 0.5) is 0 Å². The number of rotatable bonds is 1. The van der Waals surface area contributed by atoms with Crippen molar-refractivity contribution in [1.29, 1.82) is 0 Å². The molecule has 0 spiro atoms. The van der Waals surface area contributed by atoms with Gasteiger partial charge in [0.25, 0.3) is 0 Å². The van der Waals surface area contributed by atoms with Crippen molar-refractivity contribution in [3.63, 3.8) is 0 Å². The van der Waals surface area contributed by atoms with Crippen molar-refractivity contribution in [3.8, 4) is 0 Å². The minimum Gasteiger partial charge on any atom is -0.346 e. The lowest BCUT2D eigenvalue weighted by Gasteiger charge is -2.12. The predicted molar refractivity (Wildman–Crippen MR) is 64.8 cm³/mol. The van der Waals surface area contributed by atoms with Gasteiger partial charge in [-0.05, 0) is 42.7 Å². The van der Waals surface area contributed by atoms with Crippen LogP contribution in [0.25, 0.3) is 16.6 Å². The molecule has 0 aliphatic heterocycles. The standard InChI is InChI=1S/C13H13N3.H2/c1-2-9-5-8(1)6-11(9)12-10-3-4-14-13(10)16-7-15-12;/h3-4,6-9H,1-2,5H2,(H,14,15,16);1H. The Bertz CT molecular complexity index is 587. The fourth-order valence-electron chi connectivity index (χ4n) is 3.21. The second-order valence-electron chi connectivity index (χ2n) is 4.85. The van der Waals surface area contributed by atoms with E-state index in [-0.39, 0.29) is 1.43 Å². The number of hydrogen-bond acceptors (Lipinski definition) is 2. The van der Waals surface area contributed by atoms with Gasteiger partial charge in [-0.25, -0.2) is 9.97 Å². The van der Waals surface area contributed by atoms with Crippen LogP contribution in [-0.2, 0) is 0 Å². The maximum atomic E-state index is 4.48. The Morgan fingerprint density at radius 1 is 1.31 bits per heavy atom. The first-order valence-electron chi connectivity index (χ1n) is 5.92. The van der Waals surface area contributed by atoms with E-state index in [2.05, 4.69) is 27.1 Å². The highest BCUT2D eigenvalue weighted by molar-refractivity contribution is 5.89. The predicted octanol–water partition coefficient (Wildman–Crippen LogP) is 3.02. The Morgan fingerprint density at radius 2 is 2.31 bits per heavy atom. The Balaban J connectivity index is 0.000000902. The molecular weight excluding hydrogens is 198 g/mol. The number of allylic oxidation sites excluding steroid dienone is 2. The third-order valence-electron chi connectivity index (χ3n) is 3.96. The molecule has 82 valence electrons. The summed E-state index contributed by atoms with van der Waals surface area (Å²) in [5, 5.41) is 1.17. The van der Waals surface area contributed by atoms with E-state index in [1.807, 2.05) is 6.20 Å². The molecule has 2 atom stereocenters. The summed E-state index contributed by atoms with van der Waals surface area (Å²) in [6.07, 6.45) is 10.1. The molecule has 0 aromatic carbocycles. The topological polar surface area (TPSA) is 41.6 Å². The molecule has 2 heterocycles. The number of H-pyrrole nitrogens is 1. The quantitative estimate of drug-likeness (QED) is 0.791. The van der Waals surface area contributed by atoms with Crippen molar-refractivity contribution in [3.05, 3.63) is 30.4 Å². The molecule has 16 heavy (non-hydrogen) atoms. The fraction of sp³-hybridized carbons (Fsp3) is 0.385. The molecule has 2 aliphatic rings. The maximum absolute atomic E-state index is 4.48. The van der Waals surface area contributed by atoms with Crippen LogP contribution in [0.1, 0.15) is 26.4 Å². The highest BCUT2D eigenvalue weighted by Gasteiger charge is 2.34. The summed E-state index contributed by atoms with van der Waals surface area (Å²) in [6, 6.07) is 2.08. The first kappa shape index (κ1) is 8.50. The van der Waals surface area contributed by atoms with Gasteiger partial charge >= 0.3 is 0 Å². The third kappa shape index (κ3) is 1.03. The minimum absolute atomic E-state index is 0. The van der Waals surface area contributed by atoms with Gasteiger partial charge in [-0.15, -0.1) is 0 Å². The SMILES string of the molecule is C1=C(c2ncnc3[nH]ccc23)C2CCC1C2.[HH]. The molecule has 0 saturated heterocycles. The van der Waals surface area contributed by atoms with Crippen molar-refractivity contribution in [2.75, 3.05) is 0 Å². The number of aromatic amines is 1. The molecule has 2 aromatic rings. The van der Waals surface area contributed by atoms with Gasteiger partial charge in [0.05, 0.1) is 5.69 Å². The second-order valence-corrected chi connectivity index (χ2v) is 4.85. The lowest BCUT2D eigenvalue weighted by molar-refractivity contribution is 0.694. The van der Waals surface area contributed by atoms with E-state index in [9.17, 15) is 0 Å². The van der Waals surface area contributed by atoms with E-state index in [0.717, 1.165) is 23.2 Å². The van der Waals surface area contributed by atoms with Gasteiger partial charge in [-0.1, -0.05) is 6.08 Å². The zero-order valence-corrected chi connectivity index (χ0v) is 8.98. The average molecular weight is 213 g/mol. The summed E-state index contributed by atoms with van der Waals surface area (Å²) in [4.78, 5) is 11.9. The molecule has 0 amide bonds. The van der Waals surface area contributed by atoms with Crippen LogP contribution in [0.3, 0.4) is 0 Å². The van der Waals surface area contributed by atoms with E-state index in [4.69, 9.17) is 0 Å². The van der Waals surface area contributed by atoms with E-state index in [1.165, 1.54) is 30.2 Å². The molecular formula is C13H15N3. The largest absolute Gasteiger partial charge is 0.346 e. The minimum atomic E-state index is 0. The average Bonchev–Trinajstić information content (AvgIpc) is 3.03. The summed E-state index contributed by atoms with van der Waals surface area (Å²) in [7, 11) is 0. The van der Waals surface area contributed by atoms with Gasteiger partial charge < -0.3 is 4.98 Å². The van der Waals surface area contributed by atoms with Crippen molar-refractivity contribution in [1.82, 2.24) is 15.0 Å². The normalized spacial score (nSPS) is 27.6. The number of hydrogen-bond donors (Lipinski definition) is 1. The summed E-state index contributed by atoms with van der Waals surface area (Å²) < 4.78 is 0. The van der Waals surface area contributed by atoms with Crippen LogP contribution < -0.4 is 0 Å². The van der Waals surface area contributed by atoms with Crippen LogP contribution >= 0.6 is 0 Å². The molecule has 1 N–H and O–H groups in total. The van der Waals surface area contributed by atoms with Crippen LogP contribution in [-0.4, -0.2) is 15.0 Å². The van der Waals surface area contributed by atoms with E-state index in [1.54, 1.807) is 6.33 Å². The molecule has 2 bridgehead atoms. The molecule has 3 nitrogen and oxygen atoms in total. The fourth-order valence-corrected chi connectivity index (χ4v) is 3.21. The van der Waals surface area contributed by atoms with Gasteiger partial charge in [-0.2, -0.15) is 0 Å². The van der Waals surface area contributed by atoms with Crippen molar-refractivity contribution >= 4 is 16.6 Å². The number of aromatic nitrogens is 3. The summed E-state index contributed by atoms with van der Waals surface area (Å²) >= 11 is 0. The molecule has 2 aliphatic carbocycles. The van der Waals surface area contributed by atoms with Gasteiger partial charge in [0.15, 0.2) is 0 Å². The number of nitrogens with zero attached hydrogens (tertiary/aromatic N) is 2. The van der Waals surface area contributed by atoms with Crippen molar-refractivity contribution in [2.45, 2.75) is 19.3 Å². The first-order valence-corrected chi connectivity index (χ1v) is 5.92. The zero-order valence-electron chi connectivity index (χ0n) is 8.98. The van der Waals surface area contributed by atoms with Gasteiger partial charge in [0.2, 0.25) is 0 Å². The highest BCUT2D eigenvalue weighted by Crippen LogP contribution is 2.48. The summed E-state index contributed by atoms with van der Waals surface area (Å²) in [5.41, 5.74) is 3.57. The number of nitrogens with one attached hydrogen (secondary N) is 1. The molecule has 3 heteroatoms. The van der Waals surface area contributed by atoms with Gasteiger partial charge in [-0.3, -0.25) is 0 Å². The van der Waals surface area contributed by atoms with Crippen molar-refractivity contribution < 1.29 is 1.43 Å². The second kappa shape index (κ2) is 2.94. The Hall–Kier alpha value is -1.64. The number of fused-ring (bicyclic) bond motifs is 3. The monoisotopic (exact) mass is 213 g/mol. The first-order chi connectivity index (χ1) is 7.92. The van der Waals surface area contributed by atoms with E-state index < -0.39 is 0 Å². The molecule has 4 rings (SSSR count). The Kier molecular flexibility index (Phi) is 1.56. The van der Waals surface area contributed by atoms with Crippen molar-refractivity contribution in [2.24, 2.45) is 11.8 Å². The van der Waals surface area contributed by atoms with Crippen LogP contribution in [0.2, 0.25) is 0 Å². The smallest absolute Gasteiger partial charge is 0.141 e. The van der Waals surface area contributed by atoms with Gasteiger partial charge in [0, 0.05) is 13.0 Å². The lowest BCUT2D eigenvalue weighted by Crippen LogP contribution is -2.00. The van der Waals surface area contributed by atoms with E-state index >= 15 is 0 Å². The highest BCUT2D eigenvalue weighted by atomic mass is 14.9. The Labute approximate surface area is 95.1 Å². The van der Waals surface area contributed by atoms with Crippen LogP contribution in [0.15, 0.2) is 24.7 Å². The molecule has 2 aromatic heterocycles. The lowest BCUT2D eigenvalue weighted by atomic mass is 9.94. The van der Waals surface area contributed by atoms with Crippen LogP contribution in [0.5, 0.6) is 0 Å². The van der Waals surface area contributed by atoms with Gasteiger partial charge in [0.1, 0.15) is 12.0 Å². The molecule has 1 fully saturated rings. The Morgan fingerprint density at radius 3 is 3.12 bits per heavy atom. The maximum Gasteiger partial charge on any atom is 0.141 e. The molecule has 2 unspecified atom stereocenters. The third-order valence-corrected chi connectivity index (χ3v) is 3.96. The summed E-state index contributed by atoms with van der Waals surface area (Å²) in [6.45, 7) is 0. The van der Waals surface area contributed by atoms with E-state index in [0.29, 0.717) is 0 Å². The summed E-state index contributed by atoms with van der Waals surface area (Å²) in [5.74, 6) is 1.56.